The van der Waals surface area contributed by atoms with E-state index in [1.54, 1.807) is 7.11 Å². The predicted octanol–water partition coefficient (Wildman–Crippen LogP) is 3.49. The van der Waals surface area contributed by atoms with E-state index < -0.39 is 0 Å². The summed E-state index contributed by atoms with van der Waals surface area (Å²) < 4.78 is 5.28. The third-order valence-electron chi connectivity index (χ3n) is 5.02. The summed E-state index contributed by atoms with van der Waals surface area (Å²) in [4.78, 5) is 6.95. The molecule has 1 unspecified atom stereocenters. The van der Waals surface area contributed by atoms with Crippen LogP contribution < -0.4 is 15.4 Å². The Balaban J connectivity index is 0.00000338. The summed E-state index contributed by atoms with van der Waals surface area (Å²) in [5, 5.41) is 6.87. The van der Waals surface area contributed by atoms with Crippen LogP contribution in [0.5, 0.6) is 5.75 Å². The summed E-state index contributed by atoms with van der Waals surface area (Å²) in [6, 6.07) is 8.09. The molecule has 1 aromatic rings. The van der Waals surface area contributed by atoms with Crippen LogP contribution in [0.25, 0.3) is 0 Å². The third kappa shape index (κ3) is 6.95. The Morgan fingerprint density at radius 2 is 2.12 bits per heavy atom. The zero-order chi connectivity index (χ0) is 18.3. The van der Waals surface area contributed by atoms with Gasteiger partial charge in [0.1, 0.15) is 5.75 Å². The van der Waals surface area contributed by atoms with Gasteiger partial charge in [0.2, 0.25) is 0 Å². The second-order valence-corrected chi connectivity index (χ2v) is 7.64. The second kappa shape index (κ2) is 11.0. The largest absolute Gasteiger partial charge is 0.497 e. The Morgan fingerprint density at radius 3 is 2.77 bits per heavy atom. The van der Waals surface area contributed by atoms with E-state index in [1.165, 1.54) is 31.5 Å². The Bertz CT molecular complexity index is 577. The molecule has 2 rings (SSSR count). The van der Waals surface area contributed by atoms with Crippen molar-refractivity contribution in [2.75, 3.05) is 33.8 Å². The van der Waals surface area contributed by atoms with E-state index in [1.807, 2.05) is 25.2 Å². The van der Waals surface area contributed by atoms with Gasteiger partial charge in [-0.25, -0.2) is 0 Å². The fourth-order valence-corrected chi connectivity index (χ4v) is 3.34. The van der Waals surface area contributed by atoms with Crippen molar-refractivity contribution in [3.63, 3.8) is 0 Å². The molecular formula is C20H35IN4O. The molecule has 0 aliphatic carbocycles. The number of halogens is 1. The molecule has 1 aliphatic rings. The van der Waals surface area contributed by atoms with Gasteiger partial charge < -0.3 is 15.4 Å². The number of benzene rings is 1. The number of guanidine groups is 1. The van der Waals surface area contributed by atoms with Crippen LogP contribution in [-0.4, -0.2) is 50.2 Å². The van der Waals surface area contributed by atoms with Crippen molar-refractivity contribution in [1.82, 2.24) is 15.5 Å². The highest BCUT2D eigenvalue weighted by atomic mass is 127. The van der Waals surface area contributed by atoms with E-state index >= 15 is 0 Å². The van der Waals surface area contributed by atoms with Gasteiger partial charge in [0.25, 0.3) is 0 Å². The Hall–Kier alpha value is -1.02. The highest BCUT2D eigenvalue weighted by molar-refractivity contribution is 14.0. The minimum atomic E-state index is 0. The summed E-state index contributed by atoms with van der Waals surface area (Å²) in [6.07, 6.45) is 2.65. The summed E-state index contributed by atoms with van der Waals surface area (Å²) in [7, 11) is 3.51. The number of hydrogen-bond acceptors (Lipinski definition) is 3. The van der Waals surface area contributed by atoms with Crippen LogP contribution in [0.15, 0.2) is 29.3 Å². The van der Waals surface area contributed by atoms with Crippen LogP contribution in [0, 0.1) is 5.92 Å². The zero-order valence-electron chi connectivity index (χ0n) is 16.8. The van der Waals surface area contributed by atoms with Crippen molar-refractivity contribution < 1.29 is 4.74 Å². The molecule has 1 aromatic carbocycles. The normalized spacial score (nSPS) is 18.8. The van der Waals surface area contributed by atoms with Crippen molar-refractivity contribution in [2.45, 2.75) is 45.7 Å². The molecule has 0 spiro atoms. The van der Waals surface area contributed by atoms with E-state index in [2.05, 4.69) is 47.4 Å². The number of nitrogens with one attached hydrogen (secondary N) is 2. The summed E-state index contributed by atoms with van der Waals surface area (Å²) in [5.74, 6) is 2.50. The minimum absolute atomic E-state index is 0. The van der Waals surface area contributed by atoms with Crippen molar-refractivity contribution in [3.05, 3.63) is 29.8 Å². The molecule has 1 aliphatic heterocycles. The standard InChI is InChI=1S/C20H34N4O.HI/c1-16-8-7-11-24(14-16)20(2,3)15-23-19(21-4)22-13-17-9-6-10-18(12-17)25-5;/h6,9-10,12,16H,7-8,11,13-15H2,1-5H3,(H2,21,22,23);1H. The smallest absolute Gasteiger partial charge is 0.191 e. The number of piperidine rings is 1. The Labute approximate surface area is 176 Å². The number of nitrogens with zero attached hydrogens (tertiary/aromatic N) is 2. The molecule has 6 heteroatoms. The topological polar surface area (TPSA) is 48.9 Å². The molecule has 0 saturated carbocycles. The van der Waals surface area contributed by atoms with Gasteiger partial charge in [0.15, 0.2) is 5.96 Å². The summed E-state index contributed by atoms with van der Waals surface area (Å²) in [6.45, 7) is 10.9. The average Bonchev–Trinajstić information content (AvgIpc) is 2.62. The summed E-state index contributed by atoms with van der Waals surface area (Å²) in [5.41, 5.74) is 1.29. The molecule has 0 aromatic heterocycles. The van der Waals surface area contributed by atoms with Crippen molar-refractivity contribution in [1.29, 1.82) is 0 Å². The predicted molar refractivity (Wildman–Crippen MR) is 121 cm³/mol. The first kappa shape index (κ1) is 23.0. The van der Waals surface area contributed by atoms with Crippen molar-refractivity contribution in [3.8, 4) is 5.75 Å². The third-order valence-corrected chi connectivity index (χ3v) is 5.02. The van der Waals surface area contributed by atoms with Gasteiger partial charge in [-0.3, -0.25) is 9.89 Å². The number of rotatable bonds is 6. The van der Waals surface area contributed by atoms with Gasteiger partial charge in [0.05, 0.1) is 7.11 Å². The Morgan fingerprint density at radius 1 is 1.35 bits per heavy atom. The molecule has 1 saturated heterocycles. The van der Waals surface area contributed by atoms with Crippen LogP contribution in [-0.2, 0) is 6.54 Å². The number of aliphatic imine (C=N–C) groups is 1. The first-order chi connectivity index (χ1) is 11.9. The number of methoxy groups -OCH3 is 1. The van der Waals surface area contributed by atoms with Gasteiger partial charge in [0, 0.05) is 32.2 Å². The molecular weight excluding hydrogens is 439 g/mol. The van der Waals surface area contributed by atoms with E-state index in [0.29, 0.717) is 0 Å². The van der Waals surface area contributed by atoms with Gasteiger partial charge in [-0.15, -0.1) is 24.0 Å². The number of hydrogen-bond donors (Lipinski definition) is 2. The highest BCUT2D eigenvalue weighted by Gasteiger charge is 2.30. The van der Waals surface area contributed by atoms with Crippen LogP contribution in [0.4, 0.5) is 0 Å². The molecule has 0 radical (unpaired) electrons. The zero-order valence-corrected chi connectivity index (χ0v) is 19.2. The van der Waals surface area contributed by atoms with E-state index in [9.17, 15) is 0 Å². The average molecular weight is 474 g/mol. The molecule has 1 fully saturated rings. The van der Waals surface area contributed by atoms with Gasteiger partial charge in [-0.2, -0.15) is 0 Å². The first-order valence-electron chi connectivity index (χ1n) is 9.27. The van der Waals surface area contributed by atoms with Crippen LogP contribution >= 0.6 is 24.0 Å². The maximum absolute atomic E-state index is 5.28. The molecule has 0 amide bonds. The second-order valence-electron chi connectivity index (χ2n) is 7.64. The molecule has 2 N–H and O–H groups in total. The fraction of sp³-hybridized carbons (Fsp3) is 0.650. The lowest BCUT2D eigenvalue weighted by molar-refractivity contribution is 0.0739. The Kier molecular flexibility index (Phi) is 9.71. The maximum atomic E-state index is 5.28. The monoisotopic (exact) mass is 474 g/mol. The number of likely N-dealkylation sites (tertiary alicyclic amines) is 1. The molecule has 1 heterocycles. The highest BCUT2D eigenvalue weighted by Crippen LogP contribution is 2.23. The van der Waals surface area contributed by atoms with E-state index in [0.717, 1.165) is 30.7 Å². The molecule has 26 heavy (non-hydrogen) atoms. The molecule has 148 valence electrons. The lowest BCUT2D eigenvalue weighted by Gasteiger charge is -2.43. The fourth-order valence-electron chi connectivity index (χ4n) is 3.34. The van der Waals surface area contributed by atoms with E-state index in [-0.39, 0.29) is 29.5 Å². The van der Waals surface area contributed by atoms with Gasteiger partial charge in [-0.05, 0) is 56.8 Å². The van der Waals surface area contributed by atoms with E-state index in [4.69, 9.17) is 4.74 Å². The lowest BCUT2D eigenvalue weighted by Crippen LogP contribution is -2.55. The SMILES string of the molecule is CN=C(NCc1cccc(OC)c1)NCC(C)(C)N1CCCC(C)C1.I. The molecule has 5 nitrogen and oxygen atoms in total. The van der Waals surface area contributed by atoms with Gasteiger partial charge >= 0.3 is 0 Å². The van der Waals surface area contributed by atoms with Crippen LogP contribution in [0.1, 0.15) is 39.2 Å². The van der Waals surface area contributed by atoms with Crippen LogP contribution in [0.3, 0.4) is 0 Å². The molecule has 0 bridgehead atoms. The van der Waals surface area contributed by atoms with Gasteiger partial charge in [-0.1, -0.05) is 19.1 Å². The maximum Gasteiger partial charge on any atom is 0.191 e. The van der Waals surface area contributed by atoms with Crippen molar-refractivity contribution in [2.24, 2.45) is 10.9 Å². The van der Waals surface area contributed by atoms with Crippen LogP contribution in [0.2, 0.25) is 0 Å². The molecule has 1 atom stereocenters. The van der Waals surface area contributed by atoms with Crippen molar-refractivity contribution >= 4 is 29.9 Å². The lowest BCUT2D eigenvalue weighted by atomic mass is 9.93. The minimum Gasteiger partial charge on any atom is -0.497 e. The first-order valence-corrected chi connectivity index (χ1v) is 9.27. The summed E-state index contributed by atoms with van der Waals surface area (Å²) >= 11 is 0. The number of ether oxygens (including phenoxy) is 1. The quantitative estimate of drug-likeness (QED) is 0.377.